The predicted octanol–water partition coefficient (Wildman–Crippen LogP) is 9.25. The Morgan fingerprint density at radius 2 is 1.02 bits per heavy atom. The van der Waals surface area contributed by atoms with Gasteiger partial charge >= 0.3 is 7.82 Å². The summed E-state index contributed by atoms with van der Waals surface area (Å²) < 4.78 is 22.0. The van der Waals surface area contributed by atoms with Crippen molar-refractivity contribution in [1.29, 1.82) is 0 Å². The maximum atomic E-state index is 12.8. The van der Waals surface area contributed by atoms with Crippen LogP contribution in [0.25, 0.3) is 0 Å². The zero-order chi connectivity index (χ0) is 34.9. The van der Waals surface area contributed by atoms with Crippen molar-refractivity contribution in [3.63, 3.8) is 0 Å². The van der Waals surface area contributed by atoms with Gasteiger partial charge in [-0.15, -0.1) is 0 Å². The average Bonchev–Trinajstić information content (AvgIpc) is 3.04. The molecule has 0 aromatic heterocycles. The molecule has 6 N–H and O–H groups in total. The molecule has 0 spiro atoms. The third-order valence-corrected chi connectivity index (χ3v) is 10.00. The molecule has 0 aliphatic rings. The summed E-state index contributed by atoms with van der Waals surface area (Å²) in [7, 11) is -4.36. The highest BCUT2D eigenvalue weighted by Crippen LogP contribution is 2.43. The standard InChI is InChI=1S/C37H77N2O7P/c1-3-5-7-9-11-13-15-16-17-19-21-23-25-27-29-36(41)35(33-46-47(43,44)45-31-30-38)39-37(42)32-34(40)28-26-24-22-20-18-14-12-10-8-6-4-2/h34-36,40-41H,3-33,38H2,1-2H3,(H,39,42)(H,43,44). The molecule has 0 aromatic carbocycles. The molecule has 0 saturated carbocycles. The third-order valence-electron chi connectivity index (χ3n) is 9.02. The van der Waals surface area contributed by atoms with Crippen molar-refractivity contribution in [3.8, 4) is 0 Å². The summed E-state index contributed by atoms with van der Waals surface area (Å²) >= 11 is 0. The van der Waals surface area contributed by atoms with E-state index in [2.05, 4.69) is 19.2 Å². The minimum Gasteiger partial charge on any atom is -0.393 e. The molecule has 0 bridgehead atoms. The van der Waals surface area contributed by atoms with E-state index in [1.807, 2.05) is 0 Å². The molecule has 0 rings (SSSR count). The van der Waals surface area contributed by atoms with E-state index in [1.54, 1.807) is 0 Å². The lowest BCUT2D eigenvalue weighted by atomic mass is 10.0. The Morgan fingerprint density at radius 1 is 0.638 bits per heavy atom. The number of nitrogens with two attached hydrogens (primary N) is 1. The zero-order valence-electron chi connectivity index (χ0n) is 30.7. The first kappa shape index (κ1) is 46.5. The minimum atomic E-state index is -4.36. The number of amides is 1. The van der Waals surface area contributed by atoms with Crippen LogP contribution in [0.1, 0.15) is 194 Å². The number of phosphoric ester groups is 1. The maximum Gasteiger partial charge on any atom is 0.472 e. The van der Waals surface area contributed by atoms with Crippen molar-refractivity contribution in [2.24, 2.45) is 5.73 Å². The highest BCUT2D eigenvalue weighted by molar-refractivity contribution is 7.47. The van der Waals surface area contributed by atoms with E-state index >= 15 is 0 Å². The summed E-state index contributed by atoms with van der Waals surface area (Å²) in [6.45, 7) is 4.03. The second kappa shape index (κ2) is 33.9. The lowest BCUT2D eigenvalue weighted by Gasteiger charge is -2.25. The van der Waals surface area contributed by atoms with Gasteiger partial charge in [-0.25, -0.2) is 4.57 Å². The Balaban J connectivity index is 4.33. The number of hydrogen-bond acceptors (Lipinski definition) is 7. The third kappa shape index (κ3) is 32.4. The van der Waals surface area contributed by atoms with Crippen LogP contribution in [0.3, 0.4) is 0 Å². The van der Waals surface area contributed by atoms with E-state index in [1.165, 1.54) is 122 Å². The Labute approximate surface area is 289 Å². The van der Waals surface area contributed by atoms with E-state index in [9.17, 15) is 24.5 Å². The van der Waals surface area contributed by atoms with Gasteiger partial charge in [0.2, 0.25) is 5.91 Å². The average molecular weight is 693 g/mol. The number of unbranched alkanes of at least 4 members (excludes halogenated alkanes) is 23. The molecule has 47 heavy (non-hydrogen) atoms. The molecule has 4 atom stereocenters. The fourth-order valence-corrected chi connectivity index (χ4v) is 6.76. The van der Waals surface area contributed by atoms with Crippen LogP contribution < -0.4 is 11.1 Å². The van der Waals surface area contributed by atoms with Crippen molar-refractivity contribution in [1.82, 2.24) is 5.32 Å². The highest BCUT2D eigenvalue weighted by Gasteiger charge is 2.28. The first-order chi connectivity index (χ1) is 22.8. The lowest BCUT2D eigenvalue weighted by Crippen LogP contribution is -2.47. The van der Waals surface area contributed by atoms with Crippen molar-refractivity contribution in [3.05, 3.63) is 0 Å². The van der Waals surface area contributed by atoms with Gasteiger partial charge in [0.15, 0.2) is 0 Å². The molecule has 0 heterocycles. The number of hydrogen-bond donors (Lipinski definition) is 5. The fourth-order valence-electron chi connectivity index (χ4n) is 6.00. The number of phosphoric acid groups is 1. The molecule has 0 aliphatic heterocycles. The summed E-state index contributed by atoms with van der Waals surface area (Å²) in [4.78, 5) is 22.7. The van der Waals surface area contributed by atoms with E-state index in [-0.39, 0.29) is 26.2 Å². The molecular formula is C37H77N2O7P. The van der Waals surface area contributed by atoms with Gasteiger partial charge < -0.3 is 26.2 Å². The first-order valence-electron chi connectivity index (χ1n) is 19.7. The first-order valence-corrected chi connectivity index (χ1v) is 21.2. The summed E-state index contributed by atoms with van der Waals surface area (Å²) in [5.41, 5.74) is 5.35. The van der Waals surface area contributed by atoms with Crippen molar-refractivity contribution < 1.29 is 33.5 Å². The predicted molar refractivity (Wildman–Crippen MR) is 195 cm³/mol. The van der Waals surface area contributed by atoms with Crippen LogP contribution in [0.4, 0.5) is 0 Å². The van der Waals surface area contributed by atoms with Gasteiger partial charge in [0.05, 0.1) is 37.9 Å². The monoisotopic (exact) mass is 693 g/mol. The molecular weight excluding hydrogens is 615 g/mol. The van der Waals surface area contributed by atoms with E-state index < -0.39 is 32.0 Å². The molecule has 4 unspecified atom stereocenters. The van der Waals surface area contributed by atoms with E-state index in [4.69, 9.17) is 14.8 Å². The number of rotatable bonds is 37. The van der Waals surface area contributed by atoms with E-state index in [0.717, 1.165) is 38.5 Å². The second-order valence-electron chi connectivity index (χ2n) is 13.7. The molecule has 10 heteroatoms. The van der Waals surface area contributed by atoms with Gasteiger partial charge in [0.1, 0.15) is 0 Å². The van der Waals surface area contributed by atoms with Crippen LogP contribution in [-0.4, -0.2) is 59.0 Å². The molecule has 0 aliphatic carbocycles. The smallest absolute Gasteiger partial charge is 0.393 e. The number of aliphatic hydroxyl groups is 2. The normalized spacial score (nSPS) is 14.9. The highest BCUT2D eigenvalue weighted by atomic mass is 31.2. The summed E-state index contributed by atoms with van der Waals surface area (Å²) in [5, 5.41) is 24.1. The molecule has 0 radical (unpaired) electrons. The number of carbonyl (C=O) groups excluding carboxylic acids is 1. The van der Waals surface area contributed by atoms with Crippen LogP contribution in [0.15, 0.2) is 0 Å². The Hall–Kier alpha value is -0.540. The Morgan fingerprint density at radius 3 is 1.43 bits per heavy atom. The van der Waals surface area contributed by atoms with Crippen LogP contribution in [0, 0.1) is 0 Å². The summed E-state index contributed by atoms with van der Waals surface area (Å²) in [6, 6.07) is -0.888. The fraction of sp³-hybridized carbons (Fsp3) is 0.973. The van der Waals surface area contributed by atoms with Gasteiger partial charge in [-0.2, -0.15) is 0 Å². The van der Waals surface area contributed by atoms with Crippen molar-refractivity contribution in [2.45, 2.75) is 212 Å². The molecule has 1 amide bonds. The molecule has 0 aromatic rings. The number of aliphatic hydroxyl groups excluding tert-OH is 2. The number of carbonyl (C=O) groups is 1. The zero-order valence-corrected chi connectivity index (χ0v) is 31.5. The van der Waals surface area contributed by atoms with Crippen LogP contribution in [0.2, 0.25) is 0 Å². The molecule has 282 valence electrons. The molecule has 9 nitrogen and oxygen atoms in total. The van der Waals surface area contributed by atoms with Crippen LogP contribution in [-0.2, 0) is 18.4 Å². The Bertz CT molecular complexity index is 731. The van der Waals surface area contributed by atoms with Gasteiger partial charge in [-0.3, -0.25) is 13.8 Å². The SMILES string of the molecule is CCCCCCCCCCCCCCCCC(O)C(COP(=O)(O)OCCN)NC(=O)CC(O)CCCCCCCCCCCCC. The Kier molecular flexibility index (Phi) is 33.5. The van der Waals surface area contributed by atoms with Gasteiger partial charge in [-0.05, 0) is 12.8 Å². The van der Waals surface area contributed by atoms with Gasteiger partial charge in [-0.1, -0.05) is 174 Å². The van der Waals surface area contributed by atoms with Crippen molar-refractivity contribution in [2.75, 3.05) is 19.8 Å². The van der Waals surface area contributed by atoms with Crippen LogP contribution in [0.5, 0.6) is 0 Å². The van der Waals surface area contributed by atoms with Crippen LogP contribution >= 0.6 is 7.82 Å². The summed E-state index contributed by atoms with van der Waals surface area (Å²) in [6.07, 6.45) is 30.0. The topological polar surface area (TPSA) is 151 Å². The second-order valence-corrected chi connectivity index (χ2v) is 15.1. The van der Waals surface area contributed by atoms with Gasteiger partial charge in [0, 0.05) is 6.54 Å². The summed E-state index contributed by atoms with van der Waals surface area (Å²) in [5.74, 6) is -0.412. The minimum absolute atomic E-state index is 0.0623. The quantitative estimate of drug-likeness (QED) is 0.0319. The van der Waals surface area contributed by atoms with Gasteiger partial charge in [0.25, 0.3) is 0 Å². The largest absolute Gasteiger partial charge is 0.472 e. The number of nitrogens with one attached hydrogen (secondary N) is 1. The maximum absolute atomic E-state index is 12.8. The lowest BCUT2D eigenvalue weighted by molar-refractivity contribution is -0.125. The molecule has 0 fully saturated rings. The van der Waals surface area contributed by atoms with E-state index in [0.29, 0.717) is 12.8 Å². The van der Waals surface area contributed by atoms with Crippen molar-refractivity contribution >= 4 is 13.7 Å². The molecule has 0 saturated heterocycles.